The summed E-state index contributed by atoms with van der Waals surface area (Å²) in [5.74, 6) is -0.931. The lowest BCUT2D eigenvalue weighted by Crippen LogP contribution is -2.33. The molecular weight excluding hydrogens is 196 g/mol. The standard InChI is InChI=1S/C11H12O4/c12-10(13)9-6-7-14-11(15-9)8-4-2-1-3-5-8/h1-5,9,11H,6-7H2,(H,12,13)/t9-,11?/m0/s1. The van der Waals surface area contributed by atoms with Gasteiger partial charge >= 0.3 is 5.97 Å². The summed E-state index contributed by atoms with van der Waals surface area (Å²) in [5, 5.41) is 8.82. The van der Waals surface area contributed by atoms with E-state index in [0.29, 0.717) is 13.0 Å². The van der Waals surface area contributed by atoms with Crippen LogP contribution in [0.3, 0.4) is 0 Å². The second-order valence-electron chi connectivity index (χ2n) is 3.37. The summed E-state index contributed by atoms with van der Waals surface area (Å²) < 4.78 is 10.7. The Balaban J connectivity index is 2.08. The number of ether oxygens (including phenoxy) is 2. The number of hydrogen-bond donors (Lipinski definition) is 1. The highest BCUT2D eigenvalue weighted by Crippen LogP contribution is 2.25. The molecule has 0 radical (unpaired) electrons. The van der Waals surface area contributed by atoms with E-state index in [4.69, 9.17) is 14.6 Å². The quantitative estimate of drug-likeness (QED) is 0.801. The van der Waals surface area contributed by atoms with Gasteiger partial charge in [0.25, 0.3) is 0 Å². The minimum Gasteiger partial charge on any atom is -0.479 e. The van der Waals surface area contributed by atoms with Crippen molar-refractivity contribution in [2.45, 2.75) is 18.8 Å². The van der Waals surface area contributed by atoms with Crippen molar-refractivity contribution in [2.75, 3.05) is 6.61 Å². The number of benzene rings is 1. The van der Waals surface area contributed by atoms with Crippen molar-refractivity contribution in [1.29, 1.82) is 0 Å². The van der Waals surface area contributed by atoms with Gasteiger partial charge in [0, 0.05) is 12.0 Å². The molecule has 4 heteroatoms. The Labute approximate surface area is 87.4 Å². The summed E-state index contributed by atoms with van der Waals surface area (Å²) in [6, 6.07) is 9.34. The van der Waals surface area contributed by atoms with E-state index in [2.05, 4.69) is 0 Å². The fraction of sp³-hybridized carbons (Fsp3) is 0.364. The Hall–Kier alpha value is -1.39. The van der Waals surface area contributed by atoms with Crippen molar-refractivity contribution in [2.24, 2.45) is 0 Å². The number of aliphatic carboxylic acids is 1. The van der Waals surface area contributed by atoms with E-state index in [0.717, 1.165) is 5.56 Å². The van der Waals surface area contributed by atoms with Crippen LogP contribution >= 0.6 is 0 Å². The van der Waals surface area contributed by atoms with Gasteiger partial charge in [-0.3, -0.25) is 0 Å². The monoisotopic (exact) mass is 208 g/mol. The van der Waals surface area contributed by atoms with Crippen molar-refractivity contribution in [3.8, 4) is 0 Å². The zero-order chi connectivity index (χ0) is 10.7. The van der Waals surface area contributed by atoms with Gasteiger partial charge in [0.1, 0.15) is 0 Å². The van der Waals surface area contributed by atoms with E-state index in [1.165, 1.54) is 0 Å². The Morgan fingerprint density at radius 3 is 2.73 bits per heavy atom. The minimum absolute atomic E-state index is 0.401. The third-order valence-electron chi connectivity index (χ3n) is 2.28. The molecule has 0 aliphatic carbocycles. The van der Waals surface area contributed by atoms with E-state index in [9.17, 15) is 4.79 Å². The molecule has 1 fully saturated rings. The molecule has 15 heavy (non-hydrogen) atoms. The van der Waals surface area contributed by atoms with Crippen LogP contribution in [0, 0.1) is 0 Å². The maximum Gasteiger partial charge on any atom is 0.333 e. The van der Waals surface area contributed by atoms with Crippen LogP contribution in [0.15, 0.2) is 30.3 Å². The van der Waals surface area contributed by atoms with Crippen LogP contribution in [0.2, 0.25) is 0 Å². The molecule has 1 aromatic carbocycles. The maximum atomic E-state index is 10.8. The third kappa shape index (κ3) is 2.34. The summed E-state index contributed by atoms with van der Waals surface area (Å²) in [6.07, 6.45) is -0.913. The highest BCUT2D eigenvalue weighted by Gasteiger charge is 2.28. The molecule has 1 aliphatic heterocycles. The van der Waals surface area contributed by atoms with Crippen LogP contribution in [0.5, 0.6) is 0 Å². The van der Waals surface area contributed by atoms with E-state index >= 15 is 0 Å². The second-order valence-corrected chi connectivity index (χ2v) is 3.37. The molecule has 1 heterocycles. The molecule has 1 N–H and O–H groups in total. The van der Waals surface area contributed by atoms with Crippen LogP contribution in [0.1, 0.15) is 18.3 Å². The van der Waals surface area contributed by atoms with Gasteiger partial charge in [-0.25, -0.2) is 4.79 Å². The zero-order valence-corrected chi connectivity index (χ0v) is 8.13. The molecular formula is C11H12O4. The van der Waals surface area contributed by atoms with Crippen LogP contribution < -0.4 is 0 Å². The number of rotatable bonds is 2. The molecule has 0 aromatic heterocycles. The molecule has 4 nitrogen and oxygen atoms in total. The molecule has 1 saturated heterocycles. The normalized spacial score (nSPS) is 26.1. The molecule has 0 bridgehead atoms. The highest BCUT2D eigenvalue weighted by molar-refractivity contribution is 5.72. The number of carboxylic acid groups (broad SMARTS) is 1. The van der Waals surface area contributed by atoms with Gasteiger partial charge in [-0.15, -0.1) is 0 Å². The van der Waals surface area contributed by atoms with E-state index in [-0.39, 0.29) is 0 Å². The maximum absolute atomic E-state index is 10.8. The van der Waals surface area contributed by atoms with Crippen molar-refractivity contribution >= 4 is 5.97 Å². The lowest BCUT2D eigenvalue weighted by Gasteiger charge is -2.27. The first-order valence-electron chi connectivity index (χ1n) is 4.82. The Kier molecular flexibility index (Phi) is 2.99. The van der Waals surface area contributed by atoms with Crippen molar-refractivity contribution in [1.82, 2.24) is 0 Å². The first-order chi connectivity index (χ1) is 7.27. The lowest BCUT2D eigenvalue weighted by atomic mass is 10.2. The summed E-state index contributed by atoms with van der Waals surface area (Å²) in [4.78, 5) is 10.8. The Morgan fingerprint density at radius 1 is 1.33 bits per heavy atom. The fourth-order valence-electron chi connectivity index (χ4n) is 1.51. The van der Waals surface area contributed by atoms with Crippen LogP contribution in [-0.2, 0) is 14.3 Å². The van der Waals surface area contributed by atoms with Gasteiger partial charge in [-0.1, -0.05) is 30.3 Å². The van der Waals surface area contributed by atoms with Crippen LogP contribution in [0.25, 0.3) is 0 Å². The lowest BCUT2D eigenvalue weighted by molar-refractivity contribution is -0.224. The van der Waals surface area contributed by atoms with Gasteiger partial charge < -0.3 is 14.6 Å². The molecule has 80 valence electrons. The molecule has 0 amide bonds. The van der Waals surface area contributed by atoms with Crippen molar-refractivity contribution in [3.63, 3.8) is 0 Å². The van der Waals surface area contributed by atoms with Gasteiger partial charge in [-0.05, 0) is 0 Å². The van der Waals surface area contributed by atoms with Crippen molar-refractivity contribution in [3.05, 3.63) is 35.9 Å². The molecule has 2 rings (SSSR count). The average Bonchev–Trinajstić information content (AvgIpc) is 2.30. The largest absolute Gasteiger partial charge is 0.479 e. The first-order valence-corrected chi connectivity index (χ1v) is 4.82. The molecule has 1 aromatic rings. The minimum atomic E-state index is -0.931. The van der Waals surface area contributed by atoms with Crippen molar-refractivity contribution < 1.29 is 19.4 Å². The molecule has 0 spiro atoms. The van der Waals surface area contributed by atoms with Gasteiger partial charge in [-0.2, -0.15) is 0 Å². The average molecular weight is 208 g/mol. The first kappa shape index (κ1) is 10.1. The van der Waals surface area contributed by atoms with Gasteiger partial charge in [0.05, 0.1) is 6.61 Å². The molecule has 2 atom stereocenters. The highest BCUT2D eigenvalue weighted by atomic mass is 16.7. The number of carboxylic acids is 1. The molecule has 1 unspecified atom stereocenters. The Morgan fingerprint density at radius 2 is 2.07 bits per heavy atom. The SMILES string of the molecule is O=C(O)[C@@H]1CCOC(c2ccccc2)O1. The van der Waals surface area contributed by atoms with E-state index < -0.39 is 18.4 Å². The summed E-state index contributed by atoms with van der Waals surface area (Å²) in [7, 11) is 0. The topological polar surface area (TPSA) is 55.8 Å². The smallest absolute Gasteiger partial charge is 0.333 e. The summed E-state index contributed by atoms with van der Waals surface area (Å²) in [6.45, 7) is 0.413. The summed E-state index contributed by atoms with van der Waals surface area (Å²) >= 11 is 0. The van der Waals surface area contributed by atoms with Gasteiger partial charge in [0.2, 0.25) is 0 Å². The number of carbonyl (C=O) groups is 1. The Bertz CT molecular complexity index is 336. The molecule has 1 aliphatic rings. The van der Waals surface area contributed by atoms with Gasteiger partial charge in [0.15, 0.2) is 12.4 Å². The number of hydrogen-bond acceptors (Lipinski definition) is 3. The second kappa shape index (κ2) is 4.42. The van der Waals surface area contributed by atoms with E-state index in [1.807, 2.05) is 30.3 Å². The third-order valence-corrected chi connectivity index (χ3v) is 2.28. The fourth-order valence-corrected chi connectivity index (χ4v) is 1.51. The summed E-state index contributed by atoms with van der Waals surface area (Å²) in [5.41, 5.74) is 0.850. The van der Waals surface area contributed by atoms with Crippen LogP contribution in [0.4, 0.5) is 0 Å². The predicted octanol–water partition coefficient (Wildman–Crippen LogP) is 1.58. The molecule has 0 saturated carbocycles. The predicted molar refractivity (Wildman–Crippen MR) is 52.3 cm³/mol. The van der Waals surface area contributed by atoms with E-state index in [1.54, 1.807) is 0 Å². The zero-order valence-electron chi connectivity index (χ0n) is 8.13. The van der Waals surface area contributed by atoms with Crippen LogP contribution in [-0.4, -0.2) is 23.8 Å².